The lowest BCUT2D eigenvalue weighted by Gasteiger charge is -1.93. The number of hydrogen-bond acceptors (Lipinski definition) is 3. The second-order valence-electron chi connectivity index (χ2n) is 4.05. The molecule has 0 saturated carbocycles. The van der Waals surface area contributed by atoms with Gasteiger partial charge in [0, 0.05) is 19.9 Å². The molecule has 2 aromatic carbocycles. The molecule has 0 aliphatic heterocycles. The molecule has 0 spiro atoms. The summed E-state index contributed by atoms with van der Waals surface area (Å²) in [5, 5.41) is 11.0. The molecule has 0 radical (unpaired) electrons. The summed E-state index contributed by atoms with van der Waals surface area (Å²) in [6.45, 7) is 0. The minimum Gasteiger partial charge on any atom is -0.506 e. The van der Waals surface area contributed by atoms with Crippen molar-refractivity contribution in [2.24, 2.45) is 4.99 Å². The fourth-order valence-electron chi connectivity index (χ4n) is 1.80. The summed E-state index contributed by atoms with van der Waals surface area (Å²) >= 11 is 3.81. The van der Waals surface area contributed by atoms with E-state index in [1.54, 1.807) is 17.6 Å². The maximum absolute atomic E-state index is 10.1. The van der Waals surface area contributed by atoms with Gasteiger partial charge in [0.2, 0.25) is 0 Å². The molecule has 3 aromatic rings. The van der Waals surface area contributed by atoms with E-state index in [-0.39, 0.29) is 0 Å². The molecule has 0 saturated heterocycles. The highest BCUT2D eigenvalue weighted by molar-refractivity contribution is 14.1. The summed E-state index contributed by atoms with van der Waals surface area (Å²) in [6, 6.07) is 15.8. The quantitative estimate of drug-likeness (QED) is 0.495. The number of nitrogens with zero attached hydrogens (tertiary/aromatic N) is 1. The van der Waals surface area contributed by atoms with E-state index < -0.39 is 0 Å². The van der Waals surface area contributed by atoms with E-state index in [0.717, 1.165) is 20.7 Å². The van der Waals surface area contributed by atoms with Crippen molar-refractivity contribution in [3.05, 3.63) is 57.0 Å². The summed E-state index contributed by atoms with van der Waals surface area (Å²) in [5.74, 6) is 0.315. The third-order valence-electron chi connectivity index (χ3n) is 2.75. The van der Waals surface area contributed by atoms with Crippen molar-refractivity contribution < 1.29 is 5.11 Å². The third-order valence-corrected chi connectivity index (χ3v) is 4.57. The second-order valence-corrected chi connectivity index (χ2v) is 6.38. The summed E-state index contributed by atoms with van der Waals surface area (Å²) in [6.07, 6.45) is 1.72. The molecule has 4 heteroatoms. The van der Waals surface area contributed by atoms with E-state index in [2.05, 4.69) is 27.6 Å². The smallest absolute Gasteiger partial charge is 0.142 e. The Hall–Kier alpha value is -1.40. The summed E-state index contributed by atoms with van der Waals surface area (Å²) in [4.78, 5) is 5.19. The van der Waals surface area contributed by atoms with Crippen LogP contribution in [0.5, 0.6) is 5.75 Å². The molecule has 0 bridgehead atoms. The van der Waals surface area contributed by atoms with Gasteiger partial charge in [0.05, 0.1) is 10.6 Å². The van der Waals surface area contributed by atoms with Gasteiger partial charge in [0.15, 0.2) is 0 Å². The van der Waals surface area contributed by atoms with E-state index in [4.69, 9.17) is 0 Å². The van der Waals surface area contributed by atoms with Crippen LogP contribution in [-0.2, 0) is 0 Å². The fourth-order valence-corrected chi connectivity index (χ4v) is 3.13. The Bertz CT molecular complexity index is 746. The van der Waals surface area contributed by atoms with Crippen molar-refractivity contribution in [3.8, 4) is 5.75 Å². The van der Waals surface area contributed by atoms with Gasteiger partial charge in [0.1, 0.15) is 5.75 Å². The predicted molar refractivity (Wildman–Crippen MR) is 89.9 cm³/mol. The van der Waals surface area contributed by atoms with Crippen molar-refractivity contribution in [1.29, 1.82) is 0 Å². The van der Waals surface area contributed by atoms with Crippen LogP contribution >= 0.6 is 33.9 Å². The van der Waals surface area contributed by atoms with Crippen molar-refractivity contribution in [1.82, 2.24) is 0 Å². The second kappa shape index (κ2) is 5.30. The lowest BCUT2D eigenvalue weighted by molar-refractivity contribution is 0.483. The highest BCUT2D eigenvalue weighted by atomic mass is 127. The Morgan fingerprint density at radius 3 is 2.53 bits per heavy atom. The van der Waals surface area contributed by atoms with Crippen LogP contribution in [0.15, 0.2) is 53.5 Å². The van der Waals surface area contributed by atoms with Crippen molar-refractivity contribution in [3.63, 3.8) is 0 Å². The maximum Gasteiger partial charge on any atom is 0.142 e. The number of aromatic hydroxyl groups is 1. The first-order valence-corrected chi connectivity index (χ1v) is 7.64. The van der Waals surface area contributed by atoms with Crippen LogP contribution < -0.4 is 0 Å². The van der Waals surface area contributed by atoms with Gasteiger partial charge < -0.3 is 5.11 Å². The van der Waals surface area contributed by atoms with Crippen LogP contribution in [-0.4, -0.2) is 11.3 Å². The first kappa shape index (κ1) is 12.6. The van der Waals surface area contributed by atoms with Gasteiger partial charge in [-0.1, -0.05) is 12.1 Å². The maximum atomic E-state index is 10.1. The topological polar surface area (TPSA) is 32.6 Å². The normalized spacial score (nSPS) is 11.4. The number of benzene rings is 2. The number of thiophene rings is 1. The standard InChI is InChI=1S/C15H10INOS/c16-10-5-7-11(8-6-10)17-9-14-15(18)12-3-1-2-4-13(12)19-14/h1-9,18H. The van der Waals surface area contributed by atoms with Gasteiger partial charge in [-0.3, -0.25) is 4.99 Å². The molecule has 0 unspecified atom stereocenters. The molecule has 1 aromatic heterocycles. The molecule has 0 aliphatic rings. The Morgan fingerprint density at radius 2 is 1.79 bits per heavy atom. The minimum atomic E-state index is 0.315. The molecule has 2 nitrogen and oxygen atoms in total. The van der Waals surface area contributed by atoms with Crippen LogP contribution in [0.25, 0.3) is 10.1 Å². The SMILES string of the molecule is Oc1c(C=Nc2ccc(I)cc2)sc2ccccc12. The Morgan fingerprint density at radius 1 is 1.05 bits per heavy atom. The molecule has 0 fully saturated rings. The van der Waals surface area contributed by atoms with Gasteiger partial charge in [-0.2, -0.15) is 0 Å². The minimum absolute atomic E-state index is 0.315. The number of halogens is 1. The number of aliphatic imine (C=N–C) groups is 1. The van der Waals surface area contributed by atoms with Gasteiger partial charge in [0.25, 0.3) is 0 Å². The molecule has 19 heavy (non-hydrogen) atoms. The zero-order chi connectivity index (χ0) is 13.2. The first-order chi connectivity index (χ1) is 9.24. The number of rotatable bonds is 2. The van der Waals surface area contributed by atoms with Crippen molar-refractivity contribution in [2.75, 3.05) is 0 Å². The average molecular weight is 379 g/mol. The summed E-state index contributed by atoms with van der Waals surface area (Å²) < 4.78 is 2.25. The number of hydrogen-bond donors (Lipinski definition) is 1. The predicted octanol–water partition coefficient (Wildman–Crippen LogP) is 4.96. The molecule has 0 amide bonds. The monoisotopic (exact) mass is 379 g/mol. The molecule has 0 atom stereocenters. The van der Waals surface area contributed by atoms with Gasteiger partial charge in [-0.05, 0) is 59.0 Å². The highest BCUT2D eigenvalue weighted by Crippen LogP contribution is 2.35. The molecule has 3 rings (SSSR count). The van der Waals surface area contributed by atoms with Crippen LogP contribution in [0.2, 0.25) is 0 Å². The Labute approximate surface area is 128 Å². The van der Waals surface area contributed by atoms with Crippen LogP contribution in [0.4, 0.5) is 5.69 Å². The Balaban J connectivity index is 1.97. The lowest BCUT2D eigenvalue weighted by Crippen LogP contribution is -1.74. The average Bonchev–Trinajstić information content (AvgIpc) is 2.76. The molecular weight excluding hydrogens is 369 g/mol. The molecule has 1 N–H and O–H groups in total. The first-order valence-electron chi connectivity index (χ1n) is 5.74. The van der Waals surface area contributed by atoms with E-state index in [0.29, 0.717) is 5.75 Å². The summed E-state index contributed by atoms with van der Waals surface area (Å²) in [7, 11) is 0. The molecular formula is C15H10INOS. The van der Waals surface area contributed by atoms with E-state index >= 15 is 0 Å². The van der Waals surface area contributed by atoms with Crippen LogP contribution in [0.1, 0.15) is 4.88 Å². The molecule has 94 valence electrons. The van der Waals surface area contributed by atoms with E-state index in [1.165, 1.54) is 3.57 Å². The van der Waals surface area contributed by atoms with Crippen molar-refractivity contribution >= 4 is 55.9 Å². The van der Waals surface area contributed by atoms with Crippen LogP contribution in [0.3, 0.4) is 0 Å². The fraction of sp³-hybridized carbons (Fsp3) is 0. The summed E-state index contributed by atoms with van der Waals surface area (Å²) in [5.41, 5.74) is 0.886. The zero-order valence-corrected chi connectivity index (χ0v) is 12.9. The lowest BCUT2D eigenvalue weighted by atomic mass is 10.2. The van der Waals surface area contributed by atoms with Crippen LogP contribution in [0, 0.1) is 3.57 Å². The third kappa shape index (κ3) is 2.64. The molecule has 1 heterocycles. The van der Waals surface area contributed by atoms with Crippen molar-refractivity contribution in [2.45, 2.75) is 0 Å². The molecule has 0 aliphatic carbocycles. The van der Waals surface area contributed by atoms with E-state index in [9.17, 15) is 5.11 Å². The largest absolute Gasteiger partial charge is 0.506 e. The van der Waals surface area contributed by atoms with Gasteiger partial charge in [-0.25, -0.2) is 0 Å². The van der Waals surface area contributed by atoms with Gasteiger partial charge >= 0.3 is 0 Å². The highest BCUT2D eigenvalue weighted by Gasteiger charge is 2.08. The van der Waals surface area contributed by atoms with E-state index in [1.807, 2.05) is 48.5 Å². The number of fused-ring (bicyclic) bond motifs is 1. The van der Waals surface area contributed by atoms with Gasteiger partial charge in [-0.15, -0.1) is 11.3 Å². The zero-order valence-electron chi connectivity index (χ0n) is 9.88. The Kier molecular flexibility index (Phi) is 3.52.